The van der Waals surface area contributed by atoms with E-state index in [9.17, 15) is 9.59 Å². The van der Waals surface area contributed by atoms with Crippen LogP contribution in [0.4, 0.5) is 5.82 Å². The molecule has 0 saturated heterocycles. The second-order valence-electron chi connectivity index (χ2n) is 3.50. The maximum Gasteiger partial charge on any atom is 0.358 e. The van der Waals surface area contributed by atoms with Crippen molar-refractivity contribution >= 4 is 40.9 Å². The fourth-order valence-corrected chi connectivity index (χ4v) is 1.81. The van der Waals surface area contributed by atoms with Crippen LogP contribution in [0.5, 0.6) is 0 Å². The topological polar surface area (TPSA) is 95.1 Å². The number of carbonyl (C=O) groups excluding carboxylic acids is 1. The summed E-state index contributed by atoms with van der Waals surface area (Å²) in [5.74, 6) is -1.81. The van der Waals surface area contributed by atoms with Crippen molar-refractivity contribution < 1.29 is 14.7 Å². The van der Waals surface area contributed by atoms with E-state index in [1.807, 2.05) is 0 Å². The smallest absolute Gasteiger partial charge is 0.358 e. The first-order valence-corrected chi connectivity index (χ1v) is 5.79. The van der Waals surface area contributed by atoms with Gasteiger partial charge in [0, 0.05) is 0 Å². The van der Waals surface area contributed by atoms with Crippen LogP contribution in [0.25, 0.3) is 0 Å². The Hall–Kier alpha value is -2.05. The molecule has 0 radical (unpaired) electrons. The first-order chi connectivity index (χ1) is 9.00. The Labute approximate surface area is 117 Å². The van der Waals surface area contributed by atoms with Gasteiger partial charge in [-0.2, -0.15) is 5.10 Å². The average molecular weight is 300 g/mol. The molecule has 0 aliphatic carbocycles. The van der Waals surface area contributed by atoms with Gasteiger partial charge < -0.3 is 10.4 Å². The molecule has 0 saturated carbocycles. The molecular formula is C11H7Cl2N3O3. The maximum atomic E-state index is 11.9. The molecule has 0 spiro atoms. The number of rotatable bonds is 3. The molecule has 0 atom stereocenters. The minimum absolute atomic E-state index is 0.00369. The average Bonchev–Trinajstić information content (AvgIpc) is 2.71. The number of aromatic amines is 1. The molecule has 1 amide bonds. The van der Waals surface area contributed by atoms with Gasteiger partial charge in [-0.15, -0.1) is 0 Å². The number of amides is 1. The third-order valence-corrected chi connectivity index (χ3v) is 2.96. The third kappa shape index (κ3) is 2.69. The van der Waals surface area contributed by atoms with E-state index in [1.165, 1.54) is 6.07 Å². The number of hydrogen-bond acceptors (Lipinski definition) is 3. The Kier molecular flexibility index (Phi) is 3.73. The van der Waals surface area contributed by atoms with E-state index in [1.54, 1.807) is 18.2 Å². The number of carbonyl (C=O) groups is 2. The minimum atomic E-state index is -1.29. The van der Waals surface area contributed by atoms with Gasteiger partial charge >= 0.3 is 5.97 Å². The molecule has 8 heteroatoms. The van der Waals surface area contributed by atoms with Gasteiger partial charge in [-0.25, -0.2) is 4.79 Å². The van der Waals surface area contributed by atoms with Crippen LogP contribution in [0.2, 0.25) is 10.0 Å². The molecule has 6 nitrogen and oxygen atoms in total. The summed E-state index contributed by atoms with van der Waals surface area (Å²) < 4.78 is 0. The molecule has 0 aliphatic heterocycles. The predicted octanol–water partition coefficient (Wildman–Crippen LogP) is 2.67. The summed E-state index contributed by atoms with van der Waals surface area (Å²) >= 11 is 11.6. The van der Waals surface area contributed by atoms with E-state index in [0.717, 1.165) is 0 Å². The molecule has 3 N–H and O–H groups in total. The van der Waals surface area contributed by atoms with Crippen LogP contribution in [0, 0.1) is 0 Å². The summed E-state index contributed by atoms with van der Waals surface area (Å²) in [5.41, 5.74) is -0.122. The van der Waals surface area contributed by atoms with Crippen molar-refractivity contribution in [2.45, 2.75) is 0 Å². The summed E-state index contributed by atoms with van der Waals surface area (Å²) in [6.45, 7) is 0. The summed E-state index contributed by atoms with van der Waals surface area (Å²) in [7, 11) is 0. The highest BCUT2D eigenvalue weighted by atomic mass is 35.5. The Balaban J connectivity index is 2.25. The van der Waals surface area contributed by atoms with Crippen LogP contribution < -0.4 is 5.32 Å². The van der Waals surface area contributed by atoms with Crippen LogP contribution in [-0.4, -0.2) is 27.2 Å². The van der Waals surface area contributed by atoms with Crippen LogP contribution >= 0.6 is 23.2 Å². The molecule has 19 heavy (non-hydrogen) atoms. The predicted molar refractivity (Wildman–Crippen MR) is 70.0 cm³/mol. The number of anilines is 1. The van der Waals surface area contributed by atoms with E-state index >= 15 is 0 Å². The lowest BCUT2D eigenvalue weighted by Gasteiger charge is -2.04. The van der Waals surface area contributed by atoms with E-state index in [0.29, 0.717) is 0 Å². The van der Waals surface area contributed by atoms with Crippen LogP contribution in [0.1, 0.15) is 20.8 Å². The monoisotopic (exact) mass is 299 g/mol. The largest absolute Gasteiger partial charge is 0.476 e. The number of benzene rings is 1. The maximum absolute atomic E-state index is 11.9. The lowest BCUT2D eigenvalue weighted by molar-refractivity contribution is 0.0690. The Morgan fingerprint density at radius 3 is 2.53 bits per heavy atom. The highest BCUT2D eigenvalue weighted by Crippen LogP contribution is 2.24. The Bertz CT molecular complexity index is 654. The number of hydrogen-bond donors (Lipinski definition) is 3. The number of carboxylic acid groups (broad SMARTS) is 1. The fourth-order valence-electron chi connectivity index (χ4n) is 1.38. The number of nitrogens with one attached hydrogen (secondary N) is 2. The van der Waals surface area contributed by atoms with Gasteiger partial charge in [0.05, 0.1) is 10.6 Å². The molecule has 1 heterocycles. The SMILES string of the molecule is O=C(Nc1[nH]nc(C(=O)O)c1Cl)c1ccccc1Cl. The second kappa shape index (κ2) is 5.29. The number of nitrogens with zero attached hydrogens (tertiary/aromatic N) is 1. The zero-order valence-electron chi connectivity index (χ0n) is 9.28. The Morgan fingerprint density at radius 2 is 1.95 bits per heavy atom. The van der Waals surface area contributed by atoms with E-state index in [4.69, 9.17) is 28.3 Å². The third-order valence-electron chi connectivity index (χ3n) is 2.27. The highest BCUT2D eigenvalue weighted by molar-refractivity contribution is 6.37. The van der Waals surface area contributed by atoms with Crippen molar-refractivity contribution in [1.29, 1.82) is 0 Å². The van der Waals surface area contributed by atoms with Gasteiger partial charge in [-0.3, -0.25) is 9.89 Å². The number of carboxylic acids is 1. The molecule has 98 valence electrons. The fraction of sp³-hybridized carbons (Fsp3) is 0. The lowest BCUT2D eigenvalue weighted by atomic mass is 10.2. The quantitative estimate of drug-likeness (QED) is 0.812. The standard InChI is InChI=1S/C11H7Cl2N3O3/c12-6-4-2-1-3-5(6)10(17)14-9-7(13)8(11(18)19)15-16-9/h1-4H,(H,18,19)(H2,14,15,16,17). The van der Waals surface area contributed by atoms with Gasteiger partial charge in [-0.05, 0) is 12.1 Å². The summed E-state index contributed by atoms with van der Waals surface area (Å²) in [4.78, 5) is 22.7. The second-order valence-corrected chi connectivity index (χ2v) is 4.29. The highest BCUT2D eigenvalue weighted by Gasteiger charge is 2.19. The van der Waals surface area contributed by atoms with Crippen molar-refractivity contribution in [3.05, 3.63) is 45.6 Å². The van der Waals surface area contributed by atoms with Crippen molar-refractivity contribution in [3.8, 4) is 0 Å². The molecular weight excluding hydrogens is 293 g/mol. The van der Waals surface area contributed by atoms with Gasteiger partial charge in [0.15, 0.2) is 5.69 Å². The van der Waals surface area contributed by atoms with Gasteiger partial charge in [0.1, 0.15) is 10.8 Å². The summed E-state index contributed by atoms with van der Waals surface area (Å²) in [5, 5.41) is 17.1. The van der Waals surface area contributed by atoms with Crippen molar-refractivity contribution in [1.82, 2.24) is 10.2 Å². The molecule has 0 unspecified atom stereocenters. The first-order valence-electron chi connectivity index (χ1n) is 5.03. The van der Waals surface area contributed by atoms with Crippen LogP contribution in [0.15, 0.2) is 24.3 Å². The molecule has 1 aromatic carbocycles. The normalized spacial score (nSPS) is 10.2. The Morgan fingerprint density at radius 1 is 1.26 bits per heavy atom. The molecule has 0 bridgehead atoms. The van der Waals surface area contributed by atoms with Gasteiger partial charge in [0.2, 0.25) is 0 Å². The van der Waals surface area contributed by atoms with Crippen LogP contribution in [-0.2, 0) is 0 Å². The number of aromatic nitrogens is 2. The summed E-state index contributed by atoms with van der Waals surface area (Å²) in [6, 6.07) is 6.43. The van der Waals surface area contributed by atoms with Gasteiger partial charge in [0.25, 0.3) is 5.91 Å². The molecule has 2 aromatic rings. The van der Waals surface area contributed by atoms with Crippen molar-refractivity contribution in [2.75, 3.05) is 5.32 Å². The number of aromatic carboxylic acids is 1. The first kappa shape index (κ1) is 13.4. The van der Waals surface area contributed by atoms with Crippen LogP contribution in [0.3, 0.4) is 0 Å². The molecule has 0 aliphatic rings. The van der Waals surface area contributed by atoms with E-state index in [2.05, 4.69) is 15.5 Å². The summed E-state index contributed by atoms with van der Waals surface area (Å²) in [6.07, 6.45) is 0. The molecule has 0 fully saturated rings. The van der Waals surface area contributed by atoms with Crippen molar-refractivity contribution in [3.63, 3.8) is 0 Å². The zero-order chi connectivity index (χ0) is 14.0. The van der Waals surface area contributed by atoms with E-state index < -0.39 is 11.9 Å². The van der Waals surface area contributed by atoms with Gasteiger partial charge in [-0.1, -0.05) is 35.3 Å². The number of H-pyrrole nitrogens is 1. The molecule has 2 rings (SSSR count). The van der Waals surface area contributed by atoms with E-state index in [-0.39, 0.29) is 27.1 Å². The minimum Gasteiger partial charge on any atom is -0.476 e. The zero-order valence-corrected chi connectivity index (χ0v) is 10.8. The molecule has 1 aromatic heterocycles. The van der Waals surface area contributed by atoms with Crippen molar-refractivity contribution in [2.24, 2.45) is 0 Å². The lowest BCUT2D eigenvalue weighted by Crippen LogP contribution is -2.13. The number of halogens is 2.